The van der Waals surface area contributed by atoms with Crippen LogP contribution >= 0.6 is 11.3 Å². The molecule has 1 aliphatic rings. The lowest BCUT2D eigenvalue weighted by molar-refractivity contribution is 0.0474. The van der Waals surface area contributed by atoms with Crippen molar-refractivity contribution < 1.29 is 27.4 Å². The Morgan fingerprint density at radius 3 is 2.70 bits per heavy atom. The van der Waals surface area contributed by atoms with Gasteiger partial charge in [0.1, 0.15) is 17.3 Å². The molecule has 4 rings (SSSR count). The summed E-state index contributed by atoms with van der Waals surface area (Å²) in [5.74, 6) is -0.409. The first-order valence-corrected chi connectivity index (χ1v) is 11.7. The van der Waals surface area contributed by atoms with Crippen LogP contribution in [0.25, 0.3) is 10.1 Å². The van der Waals surface area contributed by atoms with Crippen molar-refractivity contribution in [3.8, 4) is 5.75 Å². The van der Waals surface area contributed by atoms with E-state index in [2.05, 4.69) is 0 Å². The second-order valence-electron chi connectivity index (χ2n) is 6.72. The third kappa shape index (κ3) is 4.06. The Labute approximate surface area is 178 Å². The van der Waals surface area contributed by atoms with Crippen molar-refractivity contribution in [1.29, 1.82) is 0 Å². The summed E-state index contributed by atoms with van der Waals surface area (Å²) in [7, 11) is -2.43. The molecule has 1 aliphatic heterocycles. The Morgan fingerprint density at radius 1 is 1.17 bits per heavy atom. The van der Waals surface area contributed by atoms with Crippen molar-refractivity contribution in [3.63, 3.8) is 0 Å². The second kappa shape index (κ2) is 8.73. The average molecular weight is 448 g/mol. The molecule has 2 aromatic carbocycles. The van der Waals surface area contributed by atoms with Gasteiger partial charge >= 0.3 is 5.97 Å². The molecule has 1 fully saturated rings. The minimum atomic E-state index is -3.83. The molecule has 0 spiro atoms. The van der Waals surface area contributed by atoms with E-state index in [1.165, 1.54) is 29.6 Å². The predicted molar refractivity (Wildman–Crippen MR) is 114 cm³/mol. The number of thiophene rings is 1. The van der Waals surface area contributed by atoms with Gasteiger partial charge in [-0.25, -0.2) is 13.2 Å². The summed E-state index contributed by atoms with van der Waals surface area (Å²) in [6, 6.07) is 12.2. The van der Waals surface area contributed by atoms with Gasteiger partial charge < -0.3 is 14.2 Å². The zero-order valence-electron chi connectivity index (χ0n) is 16.4. The summed E-state index contributed by atoms with van der Waals surface area (Å²) < 4.78 is 44.5. The predicted octanol–water partition coefficient (Wildman–Crippen LogP) is 3.29. The van der Waals surface area contributed by atoms with Crippen LogP contribution in [0.2, 0.25) is 0 Å². The van der Waals surface area contributed by atoms with Crippen LogP contribution in [0.5, 0.6) is 5.75 Å². The van der Waals surface area contributed by atoms with Crippen LogP contribution in [0.3, 0.4) is 0 Å². The number of fused-ring (bicyclic) bond motifs is 1. The van der Waals surface area contributed by atoms with Gasteiger partial charge in [0.15, 0.2) is 0 Å². The normalized spacial score (nSPS) is 15.2. The largest absolute Gasteiger partial charge is 0.495 e. The molecule has 0 amide bonds. The number of rotatable bonds is 6. The fourth-order valence-electron chi connectivity index (χ4n) is 3.30. The summed E-state index contributed by atoms with van der Waals surface area (Å²) in [5.41, 5.74) is 1.07. The Morgan fingerprint density at radius 2 is 1.93 bits per heavy atom. The van der Waals surface area contributed by atoms with Gasteiger partial charge in [-0.15, -0.1) is 11.3 Å². The van der Waals surface area contributed by atoms with Crippen LogP contribution in [0.4, 0.5) is 0 Å². The minimum Gasteiger partial charge on any atom is -0.495 e. The Balaban J connectivity index is 1.56. The zero-order chi connectivity index (χ0) is 21.1. The van der Waals surface area contributed by atoms with Crippen molar-refractivity contribution >= 4 is 37.4 Å². The maximum absolute atomic E-state index is 13.1. The first kappa shape index (κ1) is 20.8. The summed E-state index contributed by atoms with van der Waals surface area (Å²) in [4.78, 5) is 12.6. The van der Waals surface area contributed by atoms with E-state index in [9.17, 15) is 13.2 Å². The summed E-state index contributed by atoms with van der Waals surface area (Å²) in [6.07, 6.45) is 0. The lowest BCUT2D eigenvalue weighted by Gasteiger charge is -2.26. The molecule has 1 saturated heterocycles. The van der Waals surface area contributed by atoms with Crippen LogP contribution in [0.15, 0.2) is 52.7 Å². The first-order valence-electron chi connectivity index (χ1n) is 9.39. The molecule has 0 radical (unpaired) electrons. The molecule has 0 saturated carbocycles. The number of sulfonamides is 1. The van der Waals surface area contributed by atoms with Gasteiger partial charge in [-0.1, -0.05) is 18.2 Å². The molecule has 0 N–H and O–H groups in total. The first-order chi connectivity index (χ1) is 14.5. The van der Waals surface area contributed by atoms with Crippen LogP contribution < -0.4 is 4.74 Å². The van der Waals surface area contributed by atoms with Gasteiger partial charge in [0.05, 0.1) is 25.9 Å². The van der Waals surface area contributed by atoms with Gasteiger partial charge in [-0.3, -0.25) is 0 Å². The number of morpholine rings is 1. The smallest absolute Gasteiger partial charge is 0.338 e. The van der Waals surface area contributed by atoms with Gasteiger partial charge in [-0.2, -0.15) is 4.31 Å². The Hall–Kier alpha value is -2.46. The molecule has 2 heterocycles. The molecule has 9 heteroatoms. The van der Waals surface area contributed by atoms with E-state index in [0.717, 1.165) is 15.6 Å². The van der Waals surface area contributed by atoms with E-state index < -0.39 is 16.0 Å². The van der Waals surface area contributed by atoms with Gasteiger partial charge in [0, 0.05) is 23.4 Å². The monoisotopic (exact) mass is 447 g/mol. The van der Waals surface area contributed by atoms with Gasteiger partial charge in [-0.05, 0) is 35.0 Å². The van der Waals surface area contributed by atoms with Crippen molar-refractivity contribution in [2.24, 2.45) is 0 Å². The fourth-order valence-corrected chi connectivity index (χ4v) is 5.84. The number of benzene rings is 2. The third-order valence-corrected chi connectivity index (χ3v) is 7.84. The van der Waals surface area contributed by atoms with Crippen LogP contribution in [0, 0.1) is 0 Å². The summed E-state index contributed by atoms with van der Waals surface area (Å²) in [6.45, 7) is 1.28. The number of ether oxygens (including phenoxy) is 3. The van der Waals surface area contributed by atoms with Crippen LogP contribution in [-0.2, 0) is 26.1 Å². The number of hydrogen-bond acceptors (Lipinski definition) is 7. The third-order valence-electron chi connectivity index (χ3n) is 4.91. The van der Waals surface area contributed by atoms with Gasteiger partial charge in [0.25, 0.3) is 0 Å². The van der Waals surface area contributed by atoms with E-state index in [1.807, 2.05) is 29.6 Å². The molecular weight excluding hydrogens is 426 g/mol. The molecule has 0 unspecified atom stereocenters. The highest BCUT2D eigenvalue weighted by atomic mass is 32.2. The molecule has 158 valence electrons. The molecular formula is C21H21NO6S2. The highest BCUT2D eigenvalue weighted by Gasteiger charge is 2.30. The molecule has 0 bridgehead atoms. The highest BCUT2D eigenvalue weighted by Crippen LogP contribution is 2.30. The van der Waals surface area contributed by atoms with Crippen LogP contribution in [-0.4, -0.2) is 52.1 Å². The molecule has 0 aliphatic carbocycles. The maximum Gasteiger partial charge on any atom is 0.338 e. The van der Waals surface area contributed by atoms with Crippen molar-refractivity contribution in [1.82, 2.24) is 4.31 Å². The molecule has 7 nitrogen and oxygen atoms in total. The number of carbonyl (C=O) groups is 1. The lowest BCUT2D eigenvalue weighted by Crippen LogP contribution is -2.40. The standard InChI is InChI=1S/C21H21NO6S2/c1-26-18-7-6-15(12-20(18)30(24,25)22-8-10-27-11-9-22)21(23)28-13-16-14-29-19-5-3-2-4-17(16)19/h2-7,12,14H,8-11,13H2,1H3. The van der Waals surface area contributed by atoms with Crippen molar-refractivity contribution in [3.05, 3.63) is 59.0 Å². The van der Waals surface area contributed by atoms with E-state index in [-0.39, 0.29) is 35.9 Å². The quantitative estimate of drug-likeness (QED) is 0.540. The minimum absolute atomic E-state index is 0.0534. The SMILES string of the molecule is COc1ccc(C(=O)OCc2csc3ccccc23)cc1S(=O)(=O)N1CCOCC1. The maximum atomic E-state index is 13.1. The highest BCUT2D eigenvalue weighted by molar-refractivity contribution is 7.89. The second-order valence-corrected chi connectivity index (χ2v) is 9.53. The number of nitrogens with zero attached hydrogens (tertiary/aromatic N) is 1. The summed E-state index contributed by atoms with van der Waals surface area (Å²) in [5, 5.41) is 3.00. The number of esters is 1. The summed E-state index contributed by atoms with van der Waals surface area (Å²) >= 11 is 1.59. The number of hydrogen-bond donors (Lipinski definition) is 0. The zero-order valence-corrected chi connectivity index (χ0v) is 18.0. The number of carbonyl (C=O) groups excluding carboxylic acids is 1. The van der Waals surface area contributed by atoms with E-state index in [0.29, 0.717) is 13.2 Å². The lowest BCUT2D eigenvalue weighted by atomic mass is 10.2. The topological polar surface area (TPSA) is 82.1 Å². The molecule has 0 atom stereocenters. The van der Waals surface area contributed by atoms with E-state index in [1.54, 1.807) is 11.3 Å². The van der Waals surface area contributed by atoms with E-state index in [4.69, 9.17) is 14.2 Å². The fraction of sp³-hybridized carbons (Fsp3) is 0.286. The van der Waals surface area contributed by atoms with E-state index >= 15 is 0 Å². The Kier molecular flexibility index (Phi) is 6.05. The van der Waals surface area contributed by atoms with Crippen molar-refractivity contribution in [2.45, 2.75) is 11.5 Å². The Bertz CT molecular complexity index is 1170. The molecule has 3 aromatic rings. The average Bonchev–Trinajstić information content (AvgIpc) is 3.20. The molecule has 1 aromatic heterocycles. The molecule has 30 heavy (non-hydrogen) atoms. The van der Waals surface area contributed by atoms with Crippen molar-refractivity contribution in [2.75, 3.05) is 33.4 Å². The van der Waals surface area contributed by atoms with Gasteiger partial charge in [0.2, 0.25) is 10.0 Å². The van der Waals surface area contributed by atoms with Crippen LogP contribution in [0.1, 0.15) is 15.9 Å². The number of methoxy groups -OCH3 is 1.